The van der Waals surface area contributed by atoms with Crippen LogP contribution in [0.2, 0.25) is 0 Å². The maximum Gasteiger partial charge on any atom is 0.332 e. The van der Waals surface area contributed by atoms with Crippen molar-refractivity contribution in [1.29, 1.82) is 0 Å². The van der Waals surface area contributed by atoms with Crippen molar-refractivity contribution >= 4 is 24.4 Å². The lowest BCUT2D eigenvalue weighted by atomic mass is 9.68. The van der Waals surface area contributed by atoms with E-state index in [0.29, 0.717) is 37.7 Å². The summed E-state index contributed by atoms with van der Waals surface area (Å²) < 4.78 is 25.9. The van der Waals surface area contributed by atoms with Gasteiger partial charge in [-0.1, -0.05) is 37.8 Å². The van der Waals surface area contributed by atoms with Crippen LogP contribution < -0.4 is 10.9 Å². The summed E-state index contributed by atoms with van der Waals surface area (Å²) in [4.78, 5) is 21.7. The topological polar surface area (TPSA) is 85.7 Å². The normalized spacial score (nSPS) is 30.9. The number of aromatic nitrogens is 2. The molecule has 2 aromatic rings. The van der Waals surface area contributed by atoms with E-state index in [1.165, 1.54) is 57.8 Å². The first-order chi connectivity index (χ1) is 19.5. The number of para-hydroxylation sites is 2. The highest BCUT2D eigenvalue weighted by atomic mass is 31.2. The van der Waals surface area contributed by atoms with Crippen molar-refractivity contribution in [2.45, 2.75) is 109 Å². The third-order valence-electron chi connectivity index (χ3n) is 10.0. The lowest BCUT2D eigenvalue weighted by molar-refractivity contribution is -0.0485. The minimum Gasteiger partial charge on any atom is -0.365 e. The van der Waals surface area contributed by atoms with Gasteiger partial charge < -0.3 is 18.9 Å². The molecule has 0 spiro atoms. The predicted molar refractivity (Wildman–Crippen MR) is 160 cm³/mol. The van der Waals surface area contributed by atoms with E-state index in [4.69, 9.17) is 14.0 Å². The summed E-state index contributed by atoms with van der Waals surface area (Å²) in [5.74, 6) is 2.18. The first-order valence-corrected chi connectivity index (χ1v) is 17.6. The van der Waals surface area contributed by atoms with Gasteiger partial charge in [0.15, 0.2) is 5.82 Å². The fraction of sp³-hybridized carbons (Fsp3) is 0.742. The Morgan fingerprint density at radius 2 is 1.52 bits per heavy atom. The van der Waals surface area contributed by atoms with Crippen LogP contribution in [0.25, 0.3) is 11.0 Å². The van der Waals surface area contributed by atoms with Crippen LogP contribution >= 0.6 is 7.60 Å². The summed E-state index contributed by atoms with van der Waals surface area (Å²) in [5.41, 5.74) is 1.65. The summed E-state index contributed by atoms with van der Waals surface area (Å²) in [6, 6.07) is 10.0. The molecular formula is C31H47N4O4P. The summed E-state index contributed by atoms with van der Waals surface area (Å²) in [6.45, 7) is 4.56. The van der Waals surface area contributed by atoms with Gasteiger partial charge in [-0.15, -0.1) is 0 Å². The zero-order valence-electron chi connectivity index (χ0n) is 24.3. The van der Waals surface area contributed by atoms with Crippen molar-refractivity contribution in [3.05, 3.63) is 34.6 Å². The van der Waals surface area contributed by atoms with Crippen LogP contribution in [0, 0.1) is 11.8 Å². The van der Waals surface area contributed by atoms with Gasteiger partial charge in [-0.3, -0.25) is 14.3 Å². The number of nitrogens with zero attached hydrogens (tertiary/aromatic N) is 3. The maximum atomic E-state index is 14.0. The summed E-state index contributed by atoms with van der Waals surface area (Å²) in [6.07, 6.45) is 14.5. The standard InChI is InChI=1S/C31H47N4O4P/c1-3-38-40(37,39-4-2)16-15-32-30-31(36)35(29-14-6-5-13-28(29)33-30)27-20-24-11-8-12-25(21-27)34(24)26-18-22-9-7-10-23(17-22)19-26/h5-6,13-14,22-27H,3-4,7-12,15-21H2,1-2H3,(H,32,33)/t22-,23+,24-,25+,26?,27?. The summed E-state index contributed by atoms with van der Waals surface area (Å²) in [5, 5.41) is 3.20. The molecule has 2 saturated heterocycles. The van der Waals surface area contributed by atoms with Crippen molar-refractivity contribution in [3.63, 3.8) is 0 Å². The van der Waals surface area contributed by atoms with E-state index in [1.54, 1.807) is 0 Å². The highest BCUT2D eigenvalue weighted by Crippen LogP contribution is 2.48. The minimum absolute atomic E-state index is 0.0786. The van der Waals surface area contributed by atoms with Crippen molar-refractivity contribution in [2.75, 3.05) is 31.2 Å². The van der Waals surface area contributed by atoms with Crippen LogP contribution in [0.15, 0.2) is 29.1 Å². The van der Waals surface area contributed by atoms with E-state index in [0.717, 1.165) is 41.8 Å². The minimum atomic E-state index is -3.20. The Morgan fingerprint density at radius 1 is 0.875 bits per heavy atom. The molecule has 2 aliphatic carbocycles. The third-order valence-corrected chi connectivity index (χ3v) is 12.1. The molecule has 6 atom stereocenters. The molecule has 9 heteroatoms. The number of benzene rings is 1. The van der Waals surface area contributed by atoms with Crippen molar-refractivity contribution in [2.24, 2.45) is 11.8 Å². The lowest BCUT2D eigenvalue weighted by Crippen LogP contribution is -2.58. The van der Waals surface area contributed by atoms with E-state index >= 15 is 0 Å². The van der Waals surface area contributed by atoms with Gasteiger partial charge in [0, 0.05) is 30.7 Å². The Bertz CT molecular complexity index is 1250. The van der Waals surface area contributed by atoms with Gasteiger partial charge in [0.05, 0.1) is 30.4 Å². The van der Waals surface area contributed by atoms with Gasteiger partial charge in [-0.2, -0.15) is 0 Å². The van der Waals surface area contributed by atoms with Crippen LogP contribution in [-0.2, 0) is 13.6 Å². The molecule has 2 unspecified atom stereocenters. The molecule has 1 aromatic carbocycles. The van der Waals surface area contributed by atoms with E-state index < -0.39 is 7.60 Å². The quantitative estimate of drug-likeness (QED) is 0.322. The first-order valence-electron chi connectivity index (χ1n) is 15.9. The zero-order valence-corrected chi connectivity index (χ0v) is 25.2. The van der Waals surface area contributed by atoms with Crippen molar-refractivity contribution < 1.29 is 13.6 Å². The van der Waals surface area contributed by atoms with E-state index in [2.05, 4.69) is 10.2 Å². The summed E-state index contributed by atoms with van der Waals surface area (Å²) >= 11 is 0. The number of anilines is 1. The van der Waals surface area contributed by atoms with Gasteiger partial charge in [0.25, 0.3) is 5.56 Å². The monoisotopic (exact) mass is 570 g/mol. The van der Waals surface area contributed by atoms with Gasteiger partial charge in [0.2, 0.25) is 0 Å². The number of hydrogen-bond acceptors (Lipinski definition) is 7. The van der Waals surface area contributed by atoms with Crippen LogP contribution in [0.4, 0.5) is 5.82 Å². The molecule has 2 aliphatic heterocycles. The molecule has 6 rings (SSSR count). The molecule has 0 amide bonds. The third kappa shape index (κ3) is 5.79. The molecule has 3 heterocycles. The first kappa shape index (κ1) is 28.4. The Kier molecular flexibility index (Phi) is 8.69. The Balaban J connectivity index is 1.24. The van der Waals surface area contributed by atoms with E-state index in [9.17, 15) is 9.36 Å². The second kappa shape index (κ2) is 12.2. The number of nitrogens with one attached hydrogen (secondary N) is 1. The van der Waals surface area contributed by atoms with Gasteiger partial charge in [-0.05, 0) is 82.8 Å². The van der Waals surface area contributed by atoms with Crippen LogP contribution in [0.3, 0.4) is 0 Å². The highest BCUT2D eigenvalue weighted by molar-refractivity contribution is 7.53. The lowest BCUT2D eigenvalue weighted by Gasteiger charge is -2.55. The van der Waals surface area contributed by atoms with Crippen LogP contribution in [0.1, 0.15) is 90.5 Å². The number of fused-ring (bicyclic) bond motifs is 5. The molecule has 220 valence electrons. The SMILES string of the molecule is CCOP(=O)(CCNc1nc2ccccc2n(C2C[C@H]3CCC[C@@H](C2)N3C2C[C@H]3CCC[C@@H](C2)C3)c1=O)OCC. The molecule has 4 aliphatic rings. The molecule has 8 nitrogen and oxygen atoms in total. The highest BCUT2D eigenvalue weighted by Gasteiger charge is 2.45. The molecule has 0 radical (unpaired) electrons. The van der Waals surface area contributed by atoms with Gasteiger partial charge in [-0.25, -0.2) is 4.98 Å². The molecule has 1 N–H and O–H groups in total. The Labute approximate surface area is 238 Å². The van der Waals surface area contributed by atoms with Gasteiger partial charge in [0.1, 0.15) is 0 Å². The number of piperidine rings is 2. The molecule has 1 aromatic heterocycles. The number of rotatable bonds is 10. The fourth-order valence-electron chi connectivity index (χ4n) is 8.64. The Hall–Kier alpha value is -1.73. The molecule has 40 heavy (non-hydrogen) atoms. The van der Waals surface area contributed by atoms with Gasteiger partial charge >= 0.3 is 7.60 Å². The largest absolute Gasteiger partial charge is 0.365 e. The second-order valence-corrected chi connectivity index (χ2v) is 14.7. The molecule has 2 saturated carbocycles. The second-order valence-electron chi connectivity index (χ2n) is 12.6. The predicted octanol–water partition coefficient (Wildman–Crippen LogP) is 6.60. The van der Waals surface area contributed by atoms with Crippen molar-refractivity contribution in [1.82, 2.24) is 14.5 Å². The number of hydrogen-bond donors (Lipinski definition) is 1. The molecule has 4 bridgehead atoms. The van der Waals surface area contributed by atoms with E-state index in [-0.39, 0.29) is 17.8 Å². The fourth-order valence-corrected chi connectivity index (χ4v) is 10.1. The van der Waals surface area contributed by atoms with Crippen molar-refractivity contribution in [3.8, 4) is 0 Å². The summed E-state index contributed by atoms with van der Waals surface area (Å²) in [7, 11) is -3.20. The average Bonchev–Trinajstić information content (AvgIpc) is 2.93. The van der Waals surface area contributed by atoms with Crippen LogP contribution in [0.5, 0.6) is 0 Å². The Morgan fingerprint density at radius 3 is 2.20 bits per heavy atom. The van der Waals surface area contributed by atoms with E-state index in [1.807, 2.05) is 42.7 Å². The van der Waals surface area contributed by atoms with Crippen LogP contribution in [-0.4, -0.2) is 58.5 Å². The maximum absolute atomic E-state index is 14.0. The molecular weight excluding hydrogens is 523 g/mol. The average molecular weight is 571 g/mol. The molecule has 4 fully saturated rings. The smallest absolute Gasteiger partial charge is 0.332 e. The zero-order chi connectivity index (χ0) is 27.7.